The number of benzene rings is 2. The van der Waals surface area contributed by atoms with E-state index in [1.165, 1.54) is 25.7 Å². The Balaban J connectivity index is 1.73. The summed E-state index contributed by atoms with van der Waals surface area (Å²) in [4.78, 5) is 0. The summed E-state index contributed by atoms with van der Waals surface area (Å²) in [6.07, 6.45) is 18.8. The molecule has 7 heteroatoms. The molecular formula is C44H74O7. The molecular weight excluding hydrogens is 640 g/mol. The Morgan fingerprint density at radius 1 is 0.353 bits per heavy atom. The second kappa shape index (κ2) is 30.6. The molecule has 0 N–H and O–H groups in total. The molecule has 0 aliphatic heterocycles. The van der Waals surface area contributed by atoms with Crippen LogP contribution in [0.4, 0.5) is 0 Å². The van der Waals surface area contributed by atoms with Gasteiger partial charge in [0.15, 0.2) is 11.6 Å². The third kappa shape index (κ3) is 19.7. The topological polar surface area (TPSA) is 64.6 Å². The van der Waals surface area contributed by atoms with Gasteiger partial charge in [-0.3, -0.25) is 0 Å². The molecule has 7 nitrogen and oxygen atoms in total. The molecule has 0 fully saturated rings. The van der Waals surface area contributed by atoms with Gasteiger partial charge in [0.25, 0.3) is 0 Å². The van der Waals surface area contributed by atoms with Crippen molar-refractivity contribution in [1.82, 2.24) is 0 Å². The number of hydrogen-bond donors (Lipinski definition) is 0. The SMILES string of the molecule is CCCCCOC(CCCCOCOCOCCCCC(OCCCCC)(OCCCCC)c1ccccc1)(OCCCCC)c1ccccc1. The van der Waals surface area contributed by atoms with E-state index in [9.17, 15) is 0 Å². The van der Waals surface area contributed by atoms with Gasteiger partial charge >= 0.3 is 0 Å². The van der Waals surface area contributed by atoms with Gasteiger partial charge in [0.2, 0.25) is 0 Å². The predicted octanol–water partition coefficient (Wildman–Crippen LogP) is 11.8. The summed E-state index contributed by atoms with van der Waals surface area (Å²) in [5.74, 6) is -1.42. The third-order valence-electron chi connectivity index (χ3n) is 9.18. The van der Waals surface area contributed by atoms with E-state index in [-0.39, 0.29) is 13.6 Å². The minimum Gasteiger partial charge on any atom is -0.355 e. The smallest absolute Gasteiger partial charge is 0.194 e. The molecule has 0 bridgehead atoms. The van der Waals surface area contributed by atoms with Crippen LogP contribution in [0.3, 0.4) is 0 Å². The summed E-state index contributed by atoms with van der Waals surface area (Å²) in [6, 6.07) is 20.9. The van der Waals surface area contributed by atoms with Crippen LogP contribution in [0.25, 0.3) is 0 Å². The molecule has 51 heavy (non-hydrogen) atoms. The van der Waals surface area contributed by atoms with Gasteiger partial charge in [0.05, 0.1) is 26.4 Å². The summed E-state index contributed by atoms with van der Waals surface area (Å²) < 4.78 is 43.5. The van der Waals surface area contributed by atoms with Crippen LogP contribution in [0, 0.1) is 0 Å². The first-order valence-corrected chi connectivity index (χ1v) is 20.6. The molecule has 0 unspecified atom stereocenters. The Kier molecular flexibility index (Phi) is 27.2. The Bertz CT molecular complexity index is 913. The Labute approximate surface area is 312 Å². The highest BCUT2D eigenvalue weighted by atomic mass is 16.7. The lowest BCUT2D eigenvalue weighted by atomic mass is 9.99. The zero-order valence-electron chi connectivity index (χ0n) is 33.0. The predicted molar refractivity (Wildman–Crippen MR) is 209 cm³/mol. The average molecular weight is 715 g/mol. The molecule has 0 spiro atoms. The maximum Gasteiger partial charge on any atom is 0.194 e. The summed E-state index contributed by atoms with van der Waals surface area (Å²) in [7, 11) is 0. The molecule has 0 aliphatic rings. The fraction of sp³-hybridized carbons (Fsp3) is 0.727. The van der Waals surface area contributed by atoms with Crippen LogP contribution in [-0.4, -0.2) is 53.2 Å². The summed E-state index contributed by atoms with van der Waals surface area (Å²) in [6.45, 7) is 13.4. The van der Waals surface area contributed by atoms with Crippen molar-refractivity contribution >= 4 is 0 Å². The van der Waals surface area contributed by atoms with Crippen molar-refractivity contribution in [3.8, 4) is 0 Å². The first kappa shape index (κ1) is 45.3. The maximum absolute atomic E-state index is 6.57. The number of hydrogen-bond acceptors (Lipinski definition) is 7. The second-order valence-corrected chi connectivity index (χ2v) is 13.6. The molecule has 0 saturated carbocycles. The van der Waals surface area contributed by atoms with Crippen LogP contribution >= 0.6 is 0 Å². The van der Waals surface area contributed by atoms with Gasteiger partial charge in [-0.1, -0.05) is 140 Å². The van der Waals surface area contributed by atoms with Crippen molar-refractivity contribution in [2.45, 2.75) is 155 Å². The first-order chi connectivity index (χ1) is 25.2. The van der Waals surface area contributed by atoms with Crippen molar-refractivity contribution in [2.75, 3.05) is 53.2 Å². The molecule has 0 aliphatic carbocycles. The minimum absolute atomic E-state index is 0.221. The average Bonchev–Trinajstić information content (AvgIpc) is 3.17. The highest BCUT2D eigenvalue weighted by Crippen LogP contribution is 2.35. The minimum atomic E-state index is -0.712. The zero-order valence-corrected chi connectivity index (χ0v) is 33.0. The van der Waals surface area contributed by atoms with Gasteiger partial charge in [0, 0.05) is 37.2 Å². The van der Waals surface area contributed by atoms with Crippen LogP contribution in [-0.2, 0) is 44.7 Å². The van der Waals surface area contributed by atoms with Crippen molar-refractivity contribution in [1.29, 1.82) is 0 Å². The fourth-order valence-electron chi connectivity index (χ4n) is 6.13. The molecule has 2 aromatic carbocycles. The lowest BCUT2D eigenvalue weighted by molar-refractivity contribution is -0.253. The number of rotatable bonds is 36. The van der Waals surface area contributed by atoms with E-state index in [0.29, 0.717) is 39.6 Å². The highest BCUT2D eigenvalue weighted by molar-refractivity contribution is 5.21. The van der Waals surface area contributed by atoms with Gasteiger partial charge in [-0.25, -0.2) is 0 Å². The molecule has 0 amide bonds. The molecule has 0 atom stereocenters. The lowest BCUT2D eigenvalue weighted by Crippen LogP contribution is -2.34. The number of unbranched alkanes of at least 4 members (excludes halogenated alkanes) is 10. The zero-order chi connectivity index (χ0) is 36.6. The summed E-state index contributed by atoms with van der Waals surface area (Å²) >= 11 is 0. The molecule has 2 rings (SSSR count). The molecule has 0 heterocycles. The monoisotopic (exact) mass is 715 g/mol. The molecule has 0 radical (unpaired) electrons. The Morgan fingerprint density at radius 3 is 0.980 bits per heavy atom. The van der Waals surface area contributed by atoms with Gasteiger partial charge in [0.1, 0.15) is 13.6 Å². The molecule has 292 valence electrons. The van der Waals surface area contributed by atoms with Crippen LogP contribution in [0.5, 0.6) is 0 Å². The van der Waals surface area contributed by atoms with E-state index in [2.05, 4.69) is 76.2 Å². The van der Waals surface area contributed by atoms with Crippen molar-refractivity contribution in [3.05, 3.63) is 71.8 Å². The Hall–Kier alpha value is -1.84. The van der Waals surface area contributed by atoms with Crippen molar-refractivity contribution in [3.63, 3.8) is 0 Å². The largest absolute Gasteiger partial charge is 0.355 e. The van der Waals surface area contributed by atoms with Crippen LogP contribution in [0.2, 0.25) is 0 Å². The standard InChI is InChI=1S/C44H74O7/c1-5-9-21-35-48-43(49-36-22-10-6-2,41-27-15-13-16-28-41)31-19-25-33-45-39-47-40-46-34-26-20-32-44(50-37-23-11-7-3,51-38-24-12-8-4)42-29-17-14-18-30-42/h13-18,27-30H,5-12,19-26,31-40H2,1-4H3. The third-order valence-corrected chi connectivity index (χ3v) is 9.18. The van der Waals surface area contributed by atoms with Gasteiger partial charge < -0.3 is 33.2 Å². The first-order valence-electron chi connectivity index (χ1n) is 20.6. The summed E-state index contributed by atoms with van der Waals surface area (Å²) in [5.41, 5.74) is 2.20. The molecule has 0 saturated heterocycles. The normalized spacial score (nSPS) is 12.2. The molecule has 2 aromatic rings. The van der Waals surface area contributed by atoms with Crippen LogP contribution in [0.15, 0.2) is 60.7 Å². The van der Waals surface area contributed by atoms with Crippen molar-refractivity contribution in [2.24, 2.45) is 0 Å². The Morgan fingerprint density at radius 2 is 0.667 bits per heavy atom. The van der Waals surface area contributed by atoms with E-state index < -0.39 is 11.6 Å². The fourth-order valence-corrected chi connectivity index (χ4v) is 6.13. The summed E-state index contributed by atoms with van der Waals surface area (Å²) in [5, 5.41) is 0. The van der Waals surface area contributed by atoms with Gasteiger partial charge in [-0.05, 0) is 51.4 Å². The van der Waals surface area contributed by atoms with Gasteiger partial charge in [-0.2, -0.15) is 0 Å². The van der Waals surface area contributed by atoms with E-state index in [4.69, 9.17) is 33.2 Å². The van der Waals surface area contributed by atoms with Crippen LogP contribution in [0.1, 0.15) is 154 Å². The molecule has 0 aromatic heterocycles. The van der Waals surface area contributed by atoms with Crippen LogP contribution < -0.4 is 0 Å². The van der Waals surface area contributed by atoms with Gasteiger partial charge in [-0.15, -0.1) is 0 Å². The number of ether oxygens (including phenoxy) is 7. The maximum atomic E-state index is 6.57. The second-order valence-electron chi connectivity index (χ2n) is 13.6. The van der Waals surface area contributed by atoms with E-state index >= 15 is 0 Å². The highest BCUT2D eigenvalue weighted by Gasteiger charge is 2.35. The van der Waals surface area contributed by atoms with E-state index in [1.54, 1.807) is 0 Å². The van der Waals surface area contributed by atoms with E-state index in [0.717, 1.165) is 101 Å². The lowest BCUT2D eigenvalue weighted by Gasteiger charge is -2.35. The van der Waals surface area contributed by atoms with E-state index in [1.807, 2.05) is 12.1 Å². The quantitative estimate of drug-likeness (QED) is 0.0514. The van der Waals surface area contributed by atoms with Crippen molar-refractivity contribution < 1.29 is 33.2 Å².